The molecule has 21 heavy (non-hydrogen) atoms. The van der Waals surface area contributed by atoms with E-state index in [2.05, 4.69) is 5.16 Å². The van der Waals surface area contributed by atoms with E-state index in [1.54, 1.807) is 0 Å². The Morgan fingerprint density at radius 3 is 2.71 bits per heavy atom. The van der Waals surface area contributed by atoms with E-state index in [-0.39, 0.29) is 0 Å². The molecule has 0 fully saturated rings. The van der Waals surface area contributed by atoms with E-state index < -0.39 is 0 Å². The van der Waals surface area contributed by atoms with Gasteiger partial charge in [-0.25, -0.2) is 0 Å². The first-order valence-corrected chi connectivity index (χ1v) is 6.76. The van der Waals surface area contributed by atoms with E-state index in [4.69, 9.17) is 13.7 Å². The lowest BCUT2D eigenvalue weighted by Gasteiger charge is -2.03. The highest BCUT2D eigenvalue weighted by molar-refractivity contribution is 6.05. The summed E-state index contributed by atoms with van der Waals surface area (Å²) >= 11 is 0. The number of furan rings is 1. The minimum atomic E-state index is 0.388. The van der Waals surface area contributed by atoms with E-state index in [0.29, 0.717) is 6.61 Å². The highest BCUT2D eigenvalue weighted by atomic mass is 16.5. The van der Waals surface area contributed by atoms with Crippen molar-refractivity contribution in [2.24, 2.45) is 0 Å². The smallest absolute Gasteiger partial charge is 0.135 e. The zero-order valence-electron chi connectivity index (χ0n) is 11.5. The van der Waals surface area contributed by atoms with Crippen LogP contribution in [0.15, 0.2) is 57.5 Å². The van der Waals surface area contributed by atoms with E-state index >= 15 is 0 Å². The number of nitrogens with zero attached hydrogens (tertiary/aromatic N) is 1. The molecule has 0 bridgehead atoms. The SMILES string of the molecule is Cc1cc(COc2ccc3oc4ccccc4c3c2)no1. The fourth-order valence-electron chi connectivity index (χ4n) is 2.44. The average Bonchev–Trinajstić information content (AvgIpc) is 3.08. The van der Waals surface area contributed by atoms with Gasteiger partial charge in [0, 0.05) is 16.8 Å². The summed E-state index contributed by atoms with van der Waals surface area (Å²) in [7, 11) is 0. The number of ether oxygens (including phenoxy) is 1. The van der Waals surface area contributed by atoms with Gasteiger partial charge >= 0.3 is 0 Å². The second-order valence-corrected chi connectivity index (χ2v) is 4.97. The van der Waals surface area contributed by atoms with Gasteiger partial charge in [-0.2, -0.15) is 0 Å². The molecule has 0 aliphatic carbocycles. The summed E-state index contributed by atoms with van der Waals surface area (Å²) in [5.74, 6) is 1.57. The Kier molecular flexibility index (Phi) is 2.67. The zero-order valence-corrected chi connectivity index (χ0v) is 11.5. The van der Waals surface area contributed by atoms with Gasteiger partial charge in [0.25, 0.3) is 0 Å². The third-order valence-electron chi connectivity index (χ3n) is 3.41. The van der Waals surface area contributed by atoms with Crippen molar-refractivity contribution in [2.45, 2.75) is 13.5 Å². The Hall–Kier alpha value is -2.75. The number of fused-ring (bicyclic) bond motifs is 3. The van der Waals surface area contributed by atoms with Crippen LogP contribution < -0.4 is 4.74 Å². The molecule has 4 aromatic rings. The molecule has 4 rings (SSSR count). The zero-order chi connectivity index (χ0) is 14.2. The highest BCUT2D eigenvalue weighted by Crippen LogP contribution is 2.31. The maximum absolute atomic E-state index is 5.79. The van der Waals surface area contributed by atoms with Gasteiger partial charge in [-0.3, -0.25) is 0 Å². The van der Waals surface area contributed by atoms with Crippen molar-refractivity contribution in [2.75, 3.05) is 0 Å². The van der Waals surface area contributed by atoms with Crippen LogP contribution in [0.25, 0.3) is 21.9 Å². The Labute approximate surface area is 120 Å². The molecule has 0 saturated carbocycles. The molecule has 2 heterocycles. The Morgan fingerprint density at radius 2 is 1.86 bits per heavy atom. The molecule has 104 valence electrons. The number of benzene rings is 2. The molecule has 2 aromatic carbocycles. The molecule has 0 atom stereocenters. The minimum absolute atomic E-state index is 0.388. The molecular formula is C17H13NO3. The summed E-state index contributed by atoms with van der Waals surface area (Å²) in [5.41, 5.74) is 2.53. The van der Waals surface area contributed by atoms with E-state index in [0.717, 1.165) is 39.1 Å². The average molecular weight is 279 g/mol. The number of rotatable bonds is 3. The summed E-state index contributed by atoms with van der Waals surface area (Å²) in [6, 6.07) is 15.7. The van der Waals surface area contributed by atoms with Gasteiger partial charge in [0.05, 0.1) is 0 Å². The molecular weight excluding hydrogens is 266 g/mol. The Balaban J connectivity index is 1.68. The van der Waals surface area contributed by atoms with Crippen molar-refractivity contribution in [3.8, 4) is 5.75 Å². The molecule has 0 aliphatic heterocycles. The third kappa shape index (κ3) is 2.14. The second-order valence-electron chi connectivity index (χ2n) is 4.97. The monoisotopic (exact) mass is 279 g/mol. The van der Waals surface area contributed by atoms with Crippen LogP contribution in [0, 0.1) is 6.92 Å². The summed E-state index contributed by atoms with van der Waals surface area (Å²) in [6.07, 6.45) is 0. The first-order chi connectivity index (χ1) is 10.3. The van der Waals surface area contributed by atoms with Gasteiger partial charge < -0.3 is 13.7 Å². The molecule has 4 nitrogen and oxygen atoms in total. The molecule has 2 aromatic heterocycles. The van der Waals surface area contributed by atoms with E-state index in [1.165, 1.54) is 0 Å². The predicted octanol–water partition coefficient (Wildman–Crippen LogP) is 4.46. The molecule has 0 unspecified atom stereocenters. The summed E-state index contributed by atoms with van der Waals surface area (Å²) in [5, 5.41) is 6.06. The predicted molar refractivity (Wildman–Crippen MR) is 79.3 cm³/mol. The lowest BCUT2D eigenvalue weighted by atomic mass is 10.1. The van der Waals surface area contributed by atoms with Crippen LogP contribution in [-0.2, 0) is 6.61 Å². The number of aromatic nitrogens is 1. The number of para-hydroxylation sites is 1. The maximum Gasteiger partial charge on any atom is 0.135 e. The van der Waals surface area contributed by atoms with Crippen LogP contribution >= 0.6 is 0 Å². The van der Waals surface area contributed by atoms with Crippen molar-refractivity contribution in [1.29, 1.82) is 0 Å². The van der Waals surface area contributed by atoms with Gasteiger partial charge in [-0.1, -0.05) is 23.4 Å². The number of hydrogen-bond donors (Lipinski definition) is 0. The first kappa shape index (κ1) is 12.0. The fourth-order valence-corrected chi connectivity index (χ4v) is 2.44. The van der Waals surface area contributed by atoms with Gasteiger partial charge in [-0.15, -0.1) is 0 Å². The van der Waals surface area contributed by atoms with Crippen LogP contribution in [0.5, 0.6) is 5.75 Å². The van der Waals surface area contributed by atoms with Gasteiger partial charge in [0.1, 0.15) is 35.0 Å². The lowest BCUT2D eigenvalue weighted by Crippen LogP contribution is -1.95. The molecule has 0 amide bonds. The van der Waals surface area contributed by atoms with E-state index in [9.17, 15) is 0 Å². The van der Waals surface area contributed by atoms with Crippen molar-refractivity contribution in [1.82, 2.24) is 5.16 Å². The van der Waals surface area contributed by atoms with Crippen molar-refractivity contribution in [3.63, 3.8) is 0 Å². The normalized spacial score (nSPS) is 11.3. The van der Waals surface area contributed by atoms with Crippen molar-refractivity contribution in [3.05, 3.63) is 60.0 Å². The van der Waals surface area contributed by atoms with Gasteiger partial charge in [0.2, 0.25) is 0 Å². The summed E-state index contributed by atoms with van der Waals surface area (Å²) < 4.78 is 16.6. The Bertz CT molecular complexity index is 920. The third-order valence-corrected chi connectivity index (χ3v) is 3.41. The number of hydrogen-bond acceptors (Lipinski definition) is 4. The highest BCUT2D eigenvalue weighted by Gasteiger charge is 2.08. The molecule has 0 spiro atoms. The molecule has 0 saturated heterocycles. The van der Waals surface area contributed by atoms with Crippen molar-refractivity contribution >= 4 is 21.9 Å². The molecule has 0 radical (unpaired) electrons. The molecule has 0 aliphatic rings. The van der Waals surface area contributed by atoms with E-state index in [1.807, 2.05) is 55.5 Å². The van der Waals surface area contributed by atoms with Gasteiger partial charge in [0.15, 0.2) is 0 Å². The maximum atomic E-state index is 5.79. The summed E-state index contributed by atoms with van der Waals surface area (Å²) in [6.45, 7) is 2.25. The first-order valence-electron chi connectivity index (χ1n) is 6.76. The van der Waals surface area contributed by atoms with Crippen molar-refractivity contribution < 1.29 is 13.7 Å². The van der Waals surface area contributed by atoms with Gasteiger partial charge in [-0.05, 0) is 31.2 Å². The summed E-state index contributed by atoms with van der Waals surface area (Å²) in [4.78, 5) is 0. The minimum Gasteiger partial charge on any atom is -0.487 e. The van der Waals surface area contributed by atoms with Crippen LogP contribution in [0.4, 0.5) is 0 Å². The second kappa shape index (κ2) is 4.66. The van der Waals surface area contributed by atoms with Crippen LogP contribution in [-0.4, -0.2) is 5.16 Å². The van der Waals surface area contributed by atoms with Crippen LogP contribution in [0.1, 0.15) is 11.5 Å². The molecule has 0 N–H and O–H groups in total. The fraction of sp³-hybridized carbons (Fsp3) is 0.118. The largest absolute Gasteiger partial charge is 0.487 e. The van der Waals surface area contributed by atoms with Crippen LogP contribution in [0.2, 0.25) is 0 Å². The van der Waals surface area contributed by atoms with Crippen LogP contribution in [0.3, 0.4) is 0 Å². The quantitative estimate of drug-likeness (QED) is 0.555. The Morgan fingerprint density at radius 1 is 1.00 bits per heavy atom. The standard InChI is InChI=1S/C17H13NO3/c1-11-8-12(18-21-11)10-19-13-6-7-17-15(9-13)14-4-2-3-5-16(14)20-17/h2-9H,10H2,1H3. The topological polar surface area (TPSA) is 48.4 Å². The lowest BCUT2D eigenvalue weighted by molar-refractivity contribution is 0.288. The molecule has 4 heteroatoms. The number of aryl methyl sites for hydroxylation is 1.